The van der Waals surface area contributed by atoms with Crippen molar-refractivity contribution in [3.63, 3.8) is 0 Å². The van der Waals surface area contributed by atoms with Gasteiger partial charge in [-0.2, -0.15) is 0 Å². The Morgan fingerprint density at radius 1 is 1.07 bits per heavy atom. The standard InChI is InChI=1S/C32H45N5O6/c1-23(37-21-25(33-34-37)8-6-19-42-30-11-5-10-29(39-3)31(30)40-4)20-26-12-13-28(43-26)24(2)32(38)36-16-14-35(15-17-36)22-27-9-7-18-41-27/h5,10-11,21,23-24,26-28H,7,9,12-20,22H2,1-4H3/t23-,24-,26+,27?,28-/m1/s1. The highest BCUT2D eigenvalue weighted by Gasteiger charge is 2.36. The van der Waals surface area contributed by atoms with Gasteiger partial charge < -0.3 is 28.6 Å². The van der Waals surface area contributed by atoms with Crippen LogP contribution in [0, 0.1) is 17.8 Å². The highest BCUT2D eigenvalue weighted by Crippen LogP contribution is 2.36. The number of amides is 1. The van der Waals surface area contributed by atoms with Gasteiger partial charge in [0.05, 0.1) is 50.7 Å². The SMILES string of the molecule is COc1cccc(OCC#Cc2cn([C@H](C)C[C@@H]3CC[C@H]([C@@H](C)C(=O)N4CCN(CC5CCCO5)CC4)O3)nn2)c1OC. The molecule has 0 spiro atoms. The summed E-state index contributed by atoms with van der Waals surface area (Å²) in [6, 6.07) is 5.54. The van der Waals surface area contributed by atoms with Crippen molar-refractivity contribution in [3.8, 4) is 29.1 Å². The predicted octanol–water partition coefficient (Wildman–Crippen LogP) is 3.18. The molecule has 5 atom stereocenters. The topological polar surface area (TPSA) is 100 Å². The molecule has 3 saturated heterocycles. The zero-order chi connectivity index (χ0) is 30.2. The zero-order valence-corrected chi connectivity index (χ0v) is 25.9. The third kappa shape index (κ3) is 7.99. The number of hydrogen-bond acceptors (Lipinski definition) is 9. The first-order chi connectivity index (χ1) is 20.9. The number of nitrogens with zero attached hydrogens (tertiary/aromatic N) is 5. The van der Waals surface area contributed by atoms with Gasteiger partial charge in [-0.25, -0.2) is 4.68 Å². The fraction of sp³-hybridized carbons (Fsp3) is 0.656. The van der Waals surface area contributed by atoms with E-state index in [9.17, 15) is 4.79 Å². The van der Waals surface area contributed by atoms with E-state index >= 15 is 0 Å². The Kier molecular flexibility index (Phi) is 10.8. The maximum absolute atomic E-state index is 13.3. The first-order valence-electron chi connectivity index (χ1n) is 15.5. The van der Waals surface area contributed by atoms with Crippen LogP contribution in [0.25, 0.3) is 0 Å². The molecule has 5 rings (SSSR count). The second kappa shape index (κ2) is 14.9. The van der Waals surface area contributed by atoms with Crippen LogP contribution in [0.4, 0.5) is 0 Å². The Labute approximate surface area is 254 Å². The molecule has 0 aliphatic carbocycles. The van der Waals surface area contributed by atoms with Gasteiger partial charge in [-0.1, -0.05) is 24.1 Å². The molecule has 1 aromatic carbocycles. The average molecular weight is 596 g/mol. The molecular weight excluding hydrogens is 550 g/mol. The lowest BCUT2D eigenvalue weighted by Gasteiger charge is -2.37. The molecule has 11 nitrogen and oxygen atoms in total. The number of aromatic nitrogens is 3. The van der Waals surface area contributed by atoms with Gasteiger partial charge in [0.2, 0.25) is 11.7 Å². The number of para-hydroxylation sites is 1. The Balaban J connectivity index is 1.04. The van der Waals surface area contributed by atoms with Gasteiger partial charge in [0.25, 0.3) is 0 Å². The fourth-order valence-corrected chi connectivity index (χ4v) is 6.20. The van der Waals surface area contributed by atoms with Crippen LogP contribution in [-0.4, -0.2) is 109 Å². The van der Waals surface area contributed by atoms with Crippen molar-refractivity contribution in [3.05, 3.63) is 30.1 Å². The van der Waals surface area contributed by atoms with Crippen molar-refractivity contribution < 1.29 is 28.5 Å². The monoisotopic (exact) mass is 595 g/mol. The van der Waals surface area contributed by atoms with E-state index in [1.807, 2.05) is 40.9 Å². The van der Waals surface area contributed by atoms with Crippen molar-refractivity contribution in [2.75, 3.05) is 60.2 Å². The molecule has 4 heterocycles. The normalized spacial score (nSPS) is 23.8. The van der Waals surface area contributed by atoms with Crippen molar-refractivity contribution in [1.82, 2.24) is 24.8 Å². The van der Waals surface area contributed by atoms with Crippen molar-refractivity contribution in [1.29, 1.82) is 0 Å². The van der Waals surface area contributed by atoms with Gasteiger partial charge in [0, 0.05) is 39.3 Å². The first-order valence-corrected chi connectivity index (χ1v) is 15.5. The number of hydrogen-bond donors (Lipinski definition) is 0. The summed E-state index contributed by atoms with van der Waals surface area (Å²) in [4.78, 5) is 17.7. The van der Waals surface area contributed by atoms with Crippen LogP contribution in [0.3, 0.4) is 0 Å². The number of carbonyl (C=O) groups is 1. The van der Waals surface area contributed by atoms with Crippen molar-refractivity contribution >= 4 is 5.91 Å². The lowest BCUT2D eigenvalue weighted by molar-refractivity contribution is -0.142. The third-order valence-electron chi connectivity index (χ3n) is 8.71. The molecule has 11 heteroatoms. The van der Waals surface area contributed by atoms with Gasteiger partial charge in [-0.05, 0) is 57.1 Å². The van der Waals surface area contributed by atoms with Gasteiger partial charge in [-0.3, -0.25) is 9.69 Å². The van der Waals surface area contributed by atoms with Crippen LogP contribution in [0.1, 0.15) is 57.7 Å². The van der Waals surface area contributed by atoms with Crippen LogP contribution in [0.2, 0.25) is 0 Å². The molecule has 234 valence electrons. The summed E-state index contributed by atoms with van der Waals surface area (Å²) in [7, 11) is 3.16. The number of methoxy groups -OCH3 is 2. The molecule has 1 unspecified atom stereocenters. The summed E-state index contributed by atoms with van der Waals surface area (Å²) in [5, 5.41) is 8.49. The largest absolute Gasteiger partial charge is 0.493 e. The Bertz CT molecular complexity index is 1260. The number of ether oxygens (including phenoxy) is 5. The van der Waals surface area contributed by atoms with E-state index in [2.05, 4.69) is 34.0 Å². The van der Waals surface area contributed by atoms with Gasteiger partial charge in [-0.15, -0.1) is 5.10 Å². The molecule has 2 aromatic rings. The highest BCUT2D eigenvalue weighted by atomic mass is 16.5. The van der Waals surface area contributed by atoms with E-state index in [1.54, 1.807) is 14.2 Å². The zero-order valence-electron chi connectivity index (χ0n) is 25.9. The minimum Gasteiger partial charge on any atom is -0.493 e. The van der Waals surface area contributed by atoms with Crippen molar-refractivity contribution in [2.45, 2.75) is 70.3 Å². The van der Waals surface area contributed by atoms with Gasteiger partial charge in [0.15, 0.2) is 17.2 Å². The minimum absolute atomic E-state index is 0.0463. The first kappa shape index (κ1) is 31.1. The lowest BCUT2D eigenvalue weighted by atomic mass is 9.99. The summed E-state index contributed by atoms with van der Waals surface area (Å²) in [6.45, 7) is 9.55. The van der Waals surface area contributed by atoms with Crippen LogP contribution >= 0.6 is 0 Å². The molecule has 0 saturated carbocycles. The maximum Gasteiger partial charge on any atom is 0.228 e. The fourth-order valence-electron chi connectivity index (χ4n) is 6.20. The van der Waals surface area contributed by atoms with Gasteiger partial charge >= 0.3 is 0 Å². The molecule has 0 radical (unpaired) electrons. The predicted molar refractivity (Wildman–Crippen MR) is 160 cm³/mol. The average Bonchev–Trinajstić information content (AvgIpc) is 3.82. The molecule has 0 N–H and O–H groups in total. The summed E-state index contributed by atoms with van der Waals surface area (Å²) >= 11 is 0. The van der Waals surface area contributed by atoms with E-state index < -0.39 is 0 Å². The number of benzene rings is 1. The quantitative estimate of drug-likeness (QED) is 0.363. The smallest absolute Gasteiger partial charge is 0.228 e. The molecule has 3 aliphatic rings. The van der Waals surface area contributed by atoms with Crippen LogP contribution in [-0.2, 0) is 14.3 Å². The third-order valence-corrected chi connectivity index (χ3v) is 8.71. The lowest BCUT2D eigenvalue weighted by Crippen LogP contribution is -2.52. The minimum atomic E-state index is -0.141. The number of rotatable bonds is 11. The van der Waals surface area contributed by atoms with E-state index in [4.69, 9.17) is 23.7 Å². The Morgan fingerprint density at radius 3 is 2.63 bits per heavy atom. The van der Waals surface area contributed by atoms with Crippen LogP contribution in [0.5, 0.6) is 17.2 Å². The van der Waals surface area contributed by atoms with E-state index in [0.29, 0.717) is 29.0 Å². The number of piperazine rings is 1. The summed E-state index contributed by atoms with van der Waals surface area (Å²) < 4.78 is 30.5. The highest BCUT2D eigenvalue weighted by molar-refractivity contribution is 5.79. The summed E-state index contributed by atoms with van der Waals surface area (Å²) in [5.74, 6) is 7.76. The maximum atomic E-state index is 13.3. The second-order valence-electron chi connectivity index (χ2n) is 11.7. The summed E-state index contributed by atoms with van der Waals surface area (Å²) in [6.07, 6.45) is 7.20. The van der Waals surface area contributed by atoms with E-state index in [0.717, 1.165) is 71.4 Å². The molecule has 3 fully saturated rings. The van der Waals surface area contributed by atoms with Crippen LogP contribution < -0.4 is 14.2 Å². The number of carbonyl (C=O) groups excluding carboxylic acids is 1. The Morgan fingerprint density at radius 2 is 1.88 bits per heavy atom. The molecule has 3 aliphatic heterocycles. The molecule has 1 aromatic heterocycles. The molecule has 1 amide bonds. The molecule has 0 bridgehead atoms. The Hall–Kier alpha value is -3.33. The molecular formula is C32H45N5O6. The van der Waals surface area contributed by atoms with E-state index in [-0.39, 0.29) is 36.7 Å². The summed E-state index contributed by atoms with van der Waals surface area (Å²) in [5.41, 5.74) is 0.577. The van der Waals surface area contributed by atoms with Gasteiger partial charge in [0.1, 0.15) is 6.61 Å². The van der Waals surface area contributed by atoms with Crippen molar-refractivity contribution in [2.24, 2.45) is 5.92 Å². The van der Waals surface area contributed by atoms with Crippen LogP contribution in [0.15, 0.2) is 24.4 Å². The molecule has 43 heavy (non-hydrogen) atoms. The van der Waals surface area contributed by atoms with E-state index in [1.165, 1.54) is 0 Å². The second-order valence-corrected chi connectivity index (χ2v) is 11.7.